The van der Waals surface area contributed by atoms with Crippen LogP contribution in [-0.4, -0.2) is 54.7 Å². The van der Waals surface area contributed by atoms with Gasteiger partial charge in [0.05, 0.1) is 18.5 Å². The molecule has 0 spiro atoms. The van der Waals surface area contributed by atoms with Crippen molar-refractivity contribution in [2.75, 3.05) is 43.0 Å². The van der Waals surface area contributed by atoms with Crippen LogP contribution in [0.2, 0.25) is 5.02 Å². The fourth-order valence-corrected chi connectivity index (χ4v) is 2.92. The van der Waals surface area contributed by atoms with Crippen molar-refractivity contribution in [2.24, 2.45) is 0 Å². The number of pyridine rings is 1. The molecule has 1 aliphatic rings. The van der Waals surface area contributed by atoms with Crippen molar-refractivity contribution in [1.29, 1.82) is 0 Å². The topological polar surface area (TPSA) is 74.8 Å². The quantitative estimate of drug-likeness (QED) is 0.870. The summed E-state index contributed by atoms with van der Waals surface area (Å²) in [5.41, 5.74) is 1.91. The molecular formula is C19H21ClN4O3. The zero-order chi connectivity index (χ0) is 19.2. The Labute approximate surface area is 162 Å². The second kappa shape index (κ2) is 8.73. The van der Waals surface area contributed by atoms with E-state index in [1.165, 1.54) is 0 Å². The predicted octanol–water partition coefficient (Wildman–Crippen LogP) is 3.27. The van der Waals surface area contributed by atoms with Gasteiger partial charge in [-0.2, -0.15) is 0 Å². The summed E-state index contributed by atoms with van der Waals surface area (Å²) in [7, 11) is 0. The number of amides is 2. The maximum absolute atomic E-state index is 12.3. The first kappa shape index (κ1) is 19.0. The number of carbonyl (C=O) groups excluding carboxylic acids is 2. The third-order valence-electron chi connectivity index (χ3n) is 4.25. The molecule has 1 aromatic carbocycles. The van der Waals surface area contributed by atoms with E-state index in [1.54, 1.807) is 48.4 Å². The van der Waals surface area contributed by atoms with E-state index in [0.29, 0.717) is 49.2 Å². The number of halogens is 1. The average Bonchev–Trinajstić information content (AvgIpc) is 2.70. The van der Waals surface area contributed by atoms with Gasteiger partial charge in [-0.15, -0.1) is 0 Å². The van der Waals surface area contributed by atoms with Crippen molar-refractivity contribution in [3.05, 3.63) is 53.3 Å². The van der Waals surface area contributed by atoms with E-state index in [4.69, 9.17) is 16.3 Å². The highest BCUT2D eigenvalue weighted by molar-refractivity contribution is 6.30. The third kappa shape index (κ3) is 4.89. The van der Waals surface area contributed by atoms with Gasteiger partial charge in [0.2, 0.25) is 0 Å². The van der Waals surface area contributed by atoms with Gasteiger partial charge in [0.15, 0.2) is 0 Å². The van der Waals surface area contributed by atoms with E-state index in [-0.39, 0.29) is 12.0 Å². The van der Waals surface area contributed by atoms with Crippen LogP contribution in [0.25, 0.3) is 0 Å². The van der Waals surface area contributed by atoms with Crippen LogP contribution in [0.4, 0.5) is 16.2 Å². The molecule has 0 atom stereocenters. The van der Waals surface area contributed by atoms with Crippen LogP contribution < -0.4 is 10.2 Å². The first-order valence-electron chi connectivity index (χ1n) is 8.76. The second-order valence-electron chi connectivity index (χ2n) is 6.04. The van der Waals surface area contributed by atoms with E-state index in [9.17, 15) is 9.59 Å². The number of aromatic nitrogens is 1. The van der Waals surface area contributed by atoms with Gasteiger partial charge in [-0.25, -0.2) is 9.78 Å². The number of nitrogens with zero attached hydrogens (tertiary/aromatic N) is 3. The highest BCUT2D eigenvalue weighted by Crippen LogP contribution is 2.18. The molecule has 0 saturated carbocycles. The predicted molar refractivity (Wildman–Crippen MR) is 104 cm³/mol. The first-order chi connectivity index (χ1) is 13.1. The number of hydrogen-bond acceptors (Lipinski definition) is 5. The van der Waals surface area contributed by atoms with Gasteiger partial charge >= 0.3 is 6.09 Å². The van der Waals surface area contributed by atoms with Crippen molar-refractivity contribution in [3.8, 4) is 0 Å². The van der Waals surface area contributed by atoms with E-state index in [0.717, 1.165) is 5.69 Å². The number of piperazine rings is 1. The van der Waals surface area contributed by atoms with Crippen LogP contribution in [0.1, 0.15) is 17.4 Å². The highest BCUT2D eigenvalue weighted by Gasteiger charge is 2.22. The fourth-order valence-electron chi connectivity index (χ4n) is 2.80. The lowest BCUT2D eigenvalue weighted by molar-refractivity contribution is 0.101. The summed E-state index contributed by atoms with van der Waals surface area (Å²) in [6.45, 7) is 4.75. The number of rotatable bonds is 4. The van der Waals surface area contributed by atoms with Crippen LogP contribution in [-0.2, 0) is 4.74 Å². The Hall–Kier alpha value is -2.80. The number of benzene rings is 1. The van der Waals surface area contributed by atoms with Gasteiger partial charge in [0.1, 0.15) is 5.69 Å². The van der Waals surface area contributed by atoms with Crippen LogP contribution in [0.5, 0.6) is 0 Å². The van der Waals surface area contributed by atoms with Gasteiger partial charge in [0.25, 0.3) is 5.91 Å². The Morgan fingerprint density at radius 1 is 1.11 bits per heavy atom. The van der Waals surface area contributed by atoms with Gasteiger partial charge in [-0.05, 0) is 43.3 Å². The number of nitrogens with one attached hydrogen (secondary N) is 1. The minimum atomic E-state index is -0.281. The summed E-state index contributed by atoms with van der Waals surface area (Å²) < 4.78 is 5.02. The lowest BCUT2D eigenvalue weighted by Gasteiger charge is -2.35. The molecule has 7 nitrogen and oxygen atoms in total. The van der Waals surface area contributed by atoms with E-state index in [1.807, 2.05) is 6.07 Å². The summed E-state index contributed by atoms with van der Waals surface area (Å²) in [4.78, 5) is 32.1. The highest BCUT2D eigenvalue weighted by atomic mass is 35.5. The number of ether oxygens (including phenoxy) is 1. The summed E-state index contributed by atoms with van der Waals surface area (Å²) in [5, 5.41) is 3.39. The van der Waals surface area contributed by atoms with Crippen molar-refractivity contribution >= 4 is 35.0 Å². The van der Waals surface area contributed by atoms with Crippen LogP contribution in [0.3, 0.4) is 0 Å². The molecule has 1 fully saturated rings. The molecule has 1 N–H and O–H groups in total. The monoisotopic (exact) mass is 388 g/mol. The Morgan fingerprint density at radius 3 is 2.41 bits per heavy atom. The number of anilines is 2. The molecule has 3 rings (SSSR count). The molecule has 2 aromatic rings. The third-order valence-corrected chi connectivity index (χ3v) is 4.51. The minimum Gasteiger partial charge on any atom is -0.450 e. The fraction of sp³-hybridized carbons (Fsp3) is 0.316. The molecule has 142 valence electrons. The molecular weight excluding hydrogens is 368 g/mol. The van der Waals surface area contributed by atoms with Crippen LogP contribution in [0.15, 0.2) is 42.6 Å². The molecule has 1 saturated heterocycles. The molecule has 0 unspecified atom stereocenters. The summed E-state index contributed by atoms with van der Waals surface area (Å²) in [6.07, 6.45) is 1.40. The van der Waals surface area contributed by atoms with Crippen LogP contribution in [0, 0.1) is 0 Å². The SMILES string of the molecule is CCOC(=O)N1CCN(c2ccc(C(=O)Nc3ccc(Cl)cc3)nc2)CC1. The smallest absolute Gasteiger partial charge is 0.409 e. The largest absolute Gasteiger partial charge is 0.450 e. The van der Waals surface area contributed by atoms with Gasteiger partial charge in [-0.1, -0.05) is 11.6 Å². The standard InChI is InChI=1S/C19H21ClN4O3/c1-2-27-19(26)24-11-9-23(10-12-24)16-7-8-17(21-13-16)18(25)22-15-5-3-14(20)4-6-15/h3-8,13H,2,9-12H2,1H3,(H,22,25). The molecule has 1 aromatic heterocycles. The average molecular weight is 389 g/mol. The molecule has 27 heavy (non-hydrogen) atoms. The van der Waals surface area contributed by atoms with Gasteiger partial charge < -0.3 is 19.9 Å². The van der Waals surface area contributed by atoms with E-state index in [2.05, 4.69) is 15.2 Å². The minimum absolute atomic E-state index is 0.274. The Balaban J connectivity index is 1.56. The van der Waals surface area contributed by atoms with Crippen molar-refractivity contribution in [3.63, 3.8) is 0 Å². The van der Waals surface area contributed by atoms with E-state index < -0.39 is 0 Å². The summed E-state index contributed by atoms with van der Waals surface area (Å²) in [6, 6.07) is 10.4. The molecule has 1 aliphatic heterocycles. The molecule has 0 radical (unpaired) electrons. The number of carbonyl (C=O) groups is 2. The normalized spacial score (nSPS) is 14.0. The molecule has 2 amide bonds. The first-order valence-corrected chi connectivity index (χ1v) is 9.14. The lowest BCUT2D eigenvalue weighted by atomic mass is 10.2. The zero-order valence-electron chi connectivity index (χ0n) is 15.0. The zero-order valence-corrected chi connectivity index (χ0v) is 15.8. The Kier molecular flexibility index (Phi) is 6.13. The molecule has 0 aliphatic carbocycles. The lowest BCUT2D eigenvalue weighted by Crippen LogP contribution is -2.49. The number of hydrogen-bond donors (Lipinski definition) is 1. The van der Waals surface area contributed by atoms with Gasteiger partial charge in [0, 0.05) is 36.9 Å². The molecule has 0 bridgehead atoms. The van der Waals surface area contributed by atoms with Gasteiger partial charge in [-0.3, -0.25) is 4.79 Å². The van der Waals surface area contributed by atoms with Crippen molar-refractivity contribution < 1.29 is 14.3 Å². The molecule has 2 heterocycles. The maximum atomic E-state index is 12.3. The Bertz CT molecular complexity index is 788. The summed E-state index contributed by atoms with van der Waals surface area (Å²) in [5.74, 6) is -0.281. The van der Waals surface area contributed by atoms with E-state index >= 15 is 0 Å². The molecule has 8 heteroatoms. The van der Waals surface area contributed by atoms with Crippen molar-refractivity contribution in [1.82, 2.24) is 9.88 Å². The second-order valence-corrected chi connectivity index (χ2v) is 6.47. The van der Waals surface area contributed by atoms with Crippen molar-refractivity contribution in [2.45, 2.75) is 6.92 Å². The van der Waals surface area contributed by atoms with Crippen LogP contribution >= 0.6 is 11.6 Å². The maximum Gasteiger partial charge on any atom is 0.409 e. The Morgan fingerprint density at radius 2 is 1.81 bits per heavy atom. The summed E-state index contributed by atoms with van der Waals surface area (Å²) >= 11 is 5.84.